The van der Waals surface area contributed by atoms with Crippen molar-refractivity contribution in [3.63, 3.8) is 0 Å². The Morgan fingerprint density at radius 1 is 1.25 bits per heavy atom. The Hall–Kier alpha value is -4.00. The van der Waals surface area contributed by atoms with E-state index in [0.29, 0.717) is 45.3 Å². The van der Waals surface area contributed by atoms with Crippen molar-refractivity contribution in [2.75, 3.05) is 58.3 Å². The number of benzene rings is 2. The van der Waals surface area contributed by atoms with Crippen molar-refractivity contribution in [2.45, 2.75) is 32.1 Å². The maximum atomic E-state index is 12.5. The number of nitrogens with zero attached hydrogens (tertiary/aromatic N) is 6. The van der Waals surface area contributed by atoms with Gasteiger partial charge in [-0.3, -0.25) is 4.79 Å². The number of hydrogen-bond donors (Lipinski definition) is 0. The van der Waals surface area contributed by atoms with Gasteiger partial charge < -0.3 is 29.0 Å². The molecule has 208 valence electrons. The number of fused-ring (bicyclic) bond motifs is 2. The molecule has 0 N–H and O–H groups in total. The highest BCUT2D eigenvalue weighted by atomic mass is 16.5. The zero-order valence-electron chi connectivity index (χ0n) is 23.5. The summed E-state index contributed by atoms with van der Waals surface area (Å²) in [4.78, 5) is 31.7. The number of ether oxygens (including phenoxy) is 2. The van der Waals surface area contributed by atoms with Gasteiger partial charge in [0.1, 0.15) is 18.5 Å². The molecule has 0 spiro atoms. The zero-order chi connectivity index (χ0) is 28.2. The molecule has 9 nitrogen and oxygen atoms in total. The summed E-state index contributed by atoms with van der Waals surface area (Å²) in [6.45, 7) is 16.6. The summed E-state index contributed by atoms with van der Waals surface area (Å²) >= 11 is 0. The summed E-state index contributed by atoms with van der Waals surface area (Å²) in [7, 11) is 4.00. The van der Waals surface area contributed by atoms with Crippen LogP contribution < -0.4 is 9.64 Å². The molecule has 2 aliphatic heterocycles. The number of hydrogen-bond acceptors (Lipinski definition) is 7. The van der Waals surface area contributed by atoms with Crippen LogP contribution in [0.1, 0.15) is 28.5 Å². The third-order valence-corrected chi connectivity index (χ3v) is 7.66. The van der Waals surface area contributed by atoms with Gasteiger partial charge in [-0.25, -0.2) is 6.57 Å². The Bertz CT molecular complexity index is 1440. The van der Waals surface area contributed by atoms with E-state index >= 15 is 0 Å². The van der Waals surface area contributed by atoms with Gasteiger partial charge in [0.15, 0.2) is 0 Å². The van der Waals surface area contributed by atoms with E-state index in [2.05, 4.69) is 64.5 Å². The van der Waals surface area contributed by atoms with Gasteiger partial charge >= 0.3 is 6.01 Å². The second kappa shape index (κ2) is 12.0. The average molecular weight is 541 g/mol. The minimum atomic E-state index is -0.253. The van der Waals surface area contributed by atoms with E-state index < -0.39 is 0 Å². The van der Waals surface area contributed by atoms with Gasteiger partial charge in [0, 0.05) is 38.2 Å². The normalized spacial score (nSPS) is 18.9. The summed E-state index contributed by atoms with van der Waals surface area (Å²) in [5.74, 6) is 0.611. The average Bonchev–Trinajstić information content (AvgIpc) is 2.96. The molecule has 0 bridgehead atoms. The lowest BCUT2D eigenvalue weighted by atomic mass is 9.92. The van der Waals surface area contributed by atoms with Gasteiger partial charge in [-0.1, -0.05) is 43.0 Å². The van der Waals surface area contributed by atoms with Crippen LogP contribution >= 0.6 is 0 Å². The van der Waals surface area contributed by atoms with Gasteiger partial charge in [0.05, 0.1) is 18.4 Å². The van der Waals surface area contributed by atoms with Crippen molar-refractivity contribution < 1.29 is 14.3 Å². The lowest BCUT2D eigenvalue weighted by Gasteiger charge is -2.40. The molecule has 1 unspecified atom stereocenters. The molecule has 2 aromatic carbocycles. The first-order valence-corrected chi connectivity index (χ1v) is 13.7. The molecule has 3 heterocycles. The number of carbonyl (C=O) groups is 1. The van der Waals surface area contributed by atoms with E-state index in [1.807, 2.05) is 14.1 Å². The maximum Gasteiger partial charge on any atom is 0.318 e. The first-order chi connectivity index (χ1) is 19.4. The Kier molecular flexibility index (Phi) is 8.29. The SMILES string of the molecule is [C-]#[N+]C[C@H]1CN(c2nc(OCCN(C)C)nc3c2COC(c2cccc4cccc(C)c24)C3)CCN1C(=O)C=C. The van der Waals surface area contributed by atoms with Crippen molar-refractivity contribution >= 4 is 22.5 Å². The Labute approximate surface area is 235 Å². The van der Waals surface area contributed by atoms with Gasteiger partial charge in [-0.15, -0.1) is 0 Å². The minimum Gasteiger partial charge on any atom is -0.462 e. The van der Waals surface area contributed by atoms with Crippen molar-refractivity contribution in [1.82, 2.24) is 19.8 Å². The quantitative estimate of drug-likeness (QED) is 0.318. The van der Waals surface area contributed by atoms with Crippen LogP contribution in [0.25, 0.3) is 15.6 Å². The number of anilines is 1. The third-order valence-electron chi connectivity index (χ3n) is 7.66. The molecular formula is C31H36N6O3. The van der Waals surface area contributed by atoms with Crippen LogP contribution in [-0.2, 0) is 22.6 Å². The molecular weight excluding hydrogens is 504 g/mol. The highest BCUT2D eigenvalue weighted by Crippen LogP contribution is 2.38. The van der Waals surface area contributed by atoms with E-state index in [9.17, 15) is 4.79 Å². The fourth-order valence-electron chi connectivity index (χ4n) is 5.62. The summed E-state index contributed by atoms with van der Waals surface area (Å²) in [6, 6.07) is 12.8. The van der Waals surface area contributed by atoms with E-state index in [0.717, 1.165) is 29.2 Å². The van der Waals surface area contributed by atoms with Crippen molar-refractivity contribution in [2.24, 2.45) is 0 Å². The predicted octanol–water partition coefficient (Wildman–Crippen LogP) is 3.82. The molecule has 0 saturated carbocycles. The molecule has 2 aliphatic rings. The molecule has 2 atom stereocenters. The fraction of sp³-hybridized carbons (Fsp3) is 0.419. The standard InChI is InChI=1S/C31H36N6O3/c1-6-28(38)37-14-13-36(19-23(37)18-32-3)30-25-20-40-27(17-26(25)33-31(34-30)39-16-15-35(4)5)24-12-8-11-22-10-7-9-21(2)29(22)24/h6-12,23,27H,1,13-20H2,2,4-5H3/t23-,27?/m0/s1. The van der Waals surface area contributed by atoms with Gasteiger partial charge in [0.2, 0.25) is 12.5 Å². The van der Waals surface area contributed by atoms with Crippen LogP contribution in [0.5, 0.6) is 6.01 Å². The topological polar surface area (TPSA) is 75.4 Å². The number of amides is 1. The van der Waals surface area contributed by atoms with Gasteiger partial charge in [0.25, 0.3) is 0 Å². The lowest BCUT2D eigenvalue weighted by Crippen LogP contribution is -2.56. The molecule has 9 heteroatoms. The number of rotatable bonds is 8. The molecule has 1 aromatic heterocycles. The number of piperazine rings is 1. The Balaban J connectivity index is 1.49. The number of aryl methyl sites for hydroxylation is 1. The van der Waals surface area contributed by atoms with Gasteiger partial charge in [-0.2, -0.15) is 9.97 Å². The molecule has 3 aromatic rings. The van der Waals surface area contributed by atoms with Crippen molar-refractivity contribution in [3.05, 3.63) is 82.9 Å². The van der Waals surface area contributed by atoms with Gasteiger partial charge in [-0.05, 0) is 49.0 Å². The van der Waals surface area contributed by atoms with E-state index in [1.54, 1.807) is 4.90 Å². The Morgan fingerprint density at radius 3 is 2.80 bits per heavy atom. The summed E-state index contributed by atoms with van der Waals surface area (Å²) < 4.78 is 12.5. The molecule has 5 rings (SSSR count). The number of aromatic nitrogens is 2. The van der Waals surface area contributed by atoms with Crippen molar-refractivity contribution in [3.8, 4) is 6.01 Å². The molecule has 1 fully saturated rings. The molecule has 1 amide bonds. The smallest absolute Gasteiger partial charge is 0.318 e. The van der Waals surface area contributed by atoms with E-state index in [-0.39, 0.29) is 24.6 Å². The van der Waals surface area contributed by atoms with Crippen LogP contribution in [0, 0.1) is 13.5 Å². The second-order valence-electron chi connectivity index (χ2n) is 10.6. The second-order valence-corrected chi connectivity index (χ2v) is 10.6. The number of likely N-dealkylation sites (N-methyl/N-ethyl adjacent to an activating group) is 1. The van der Waals surface area contributed by atoms with Crippen LogP contribution in [0.4, 0.5) is 5.82 Å². The minimum absolute atomic E-state index is 0.147. The molecule has 0 radical (unpaired) electrons. The van der Waals surface area contributed by atoms with E-state index in [1.165, 1.54) is 22.4 Å². The highest BCUT2D eigenvalue weighted by molar-refractivity contribution is 5.89. The first kappa shape index (κ1) is 27.6. The number of carbonyl (C=O) groups excluding carboxylic acids is 1. The van der Waals surface area contributed by atoms with Crippen LogP contribution in [0.2, 0.25) is 0 Å². The first-order valence-electron chi connectivity index (χ1n) is 13.7. The maximum absolute atomic E-state index is 12.5. The monoisotopic (exact) mass is 540 g/mol. The van der Waals surface area contributed by atoms with Crippen molar-refractivity contribution in [1.29, 1.82) is 0 Å². The van der Waals surface area contributed by atoms with Crippen LogP contribution in [-0.4, -0.2) is 85.1 Å². The van der Waals surface area contributed by atoms with E-state index in [4.69, 9.17) is 26.0 Å². The largest absolute Gasteiger partial charge is 0.462 e. The molecule has 1 saturated heterocycles. The zero-order valence-corrected chi connectivity index (χ0v) is 23.5. The fourth-order valence-corrected chi connectivity index (χ4v) is 5.62. The highest BCUT2D eigenvalue weighted by Gasteiger charge is 2.35. The van der Waals surface area contributed by atoms with Crippen LogP contribution in [0.15, 0.2) is 49.1 Å². The summed E-state index contributed by atoms with van der Waals surface area (Å²) in [6.07, 6.45) is 1.77. The Morgan fingerprint density at radius 2 is 2.05 bits per heavy atom. The predicted molar refractivity (Wildman–Crippen MR) is 155 cm³/mol. The lowest BCUT2D eigenvalue weighted by molar-refractivity contribution is -0.128. The molecule has 0 aliphatic carbocycles. The third kappa shape index (κ3) is 5.64. The van der Waals surface area contributed by atoms with Crippen LogP contribution in [0.3, 0.4) is 0 Å². The summed E-state index contributed by atoms with van der Waals surface area (Å²) in [5, 5.41) is 2.42. The molecule has 40 heavy (non-hydrogen) atoms. The summed E-state index contributed by atoms with van der Waals surface area (Å²) in [5.41, 5.74) is 4.23.